The van der Waals surface area contributed by atoms with E-state index in [1.807, 2.05) is 37.3 Å². The second kappa shape index (κ2) is 10.9. The quantitative estimate of drug-likeness (QED) is 0.354. The number of rotatable bonds is 10. The fourth-order valence-electron chi connectivity index (χ4n) is 3.68. The molecule has 1 aromatic heterocycles. The molecule has 0 saturated carbocycles. The van der Waals surface area contributed by atoms with Crippen LogP contribution in [0.25, 0.3) is 11.1 Å². The van der Waals surface area contributed by atoms with E-state index < -0.39 is 5.41 Å². The highest BCUT2D eigenvalue weighted by Gasteiger charge is 2.29. The Morgan fingerprint density at radius 2 is 1.94 bits per heavy atom. The van der Waals surface area contributed by atoms with Gasteiger partial charge in [-0.05, 0) is 54.0 Å². The van der Waals surface area contributed by atoms with Gasteiger partial charge in [0.2, 0.25) is 0 Å². The van der Waals surface area contributed by atoms with Crippen molar-refractivity contribution in [3.8, 4) is 11.1 Å². The number of aromatic amines is 1. The number of benzene rings is 2. The highest BCUT2D eigenvalue weighted by molar-refractivity contribution is 6.35. The lowest BCUT2D eigenvalue weighted by Crippen LogP contribution is -2.41. The SMILES string of the molecule is C[C@@](CO)(CCO)C[C@@H](Cc1ccc(-c2cc(Cl)ccc2Cl)cc1)NC(=O)c1c[nH]nn1. The van der Waals surface area contributed by atoms with Crippen molar-refractivity contribution < 1.29 is 15.0 Å². The van der Waals surface area contributed by atoms with Gasteiger partial charge in [-0.3, -0.25) is 9.89 Å². The number of H-pyrrole nitrogens is 1. The van der Waals surface area contributed by atoms with Crippen molar-refractivity contribution in [2.45, 2.75) is 32.2 Å². The predicted octanol–water partition coefficient (Wildman–Crippen LogP) is 3.89. The van der Waals surface area contributed by atoms with E-state index in [1.165, 1.54) is 6.20 Å². The van der Waals surface area contributed by atoms with Gasteiger partial charge in [0, 0.05) is 34.9 Å². The Bertz CT molecular complexity index is 1030. The zero-order valence-electron chi connectivity index (χ0n) is 17.7. The zero-order chi connectivity index (χ0) is 23.1. The van der Waals surface area contributed by atoms with Crippen LogP contribution >= 0.6 is 23.2 Å². The molecule has 0 radical (unpaired) electrons. The van der Waals surface area contributed by atoms with Gasteiger partial charge in [-0.15, -0.1) is 5.10 Å². The molecule has 0 saturated heterocycles. The van der Waals surface area contributed by atoms with Crippen LogP contribution in [0.3, 0.4) is 0 Å². The van der Waals surface area contributed by atoms with Crippen molar-refractivity contribution in [3.05, 3.63) is 70.0 Å². The molecule has 9 heteroatoms. The number of hydrogen-bond acceptors (Lipinski definition) is 5. The maximum Gasteiger partial charge on any atom is 0.273 e. The summed E-state index contributed by atoms with van der Waals surface area (Å²) in [5, 5.41) is 33.4. The Labute approximate surface area is 196 Å². The summed E-state index contributed by atoms with van der Waals surface area (Å²) < 4.78 is 0. The summed E-state index contributed by atoms with van der Waals surface area (Å²) in [6, 6.07) is 12.9. The first-order valence-electron chi connectivity index (χ1n) is 10.3. The second-order valence-corrected chi connectivity index (χ2v) is 9.04. The summed E-state index contributed by atoms with van der Waals surface area (Å²) in [6.45, 7) is 1.74. The summed E-state index contributed by atoms with van der Waals surface area (Å²) in [5.41, 5.74) is 2.43. The van der Waals surface area contributed by atoms with Gasteiger partial charge in [0.05, 0.1) is 6.20 Å². The average Bonchev–Trinajstić information content (AvgIpc) is 3.31. The molecule has 2 atom stereocenters. The van der Waals surface area contributed by atoms with Crippen LogP contribution in [0.15, 0.2) is 48.7 Å². The van der Waals surface area contributed by atoms with E-state index in [0.717, 1.165) is 16.7 Å². The van der Waals surface area contributed by atoms with Crippen molar-refractivity contribution in [3.63, 3.8) is 0 Å². The first-order valence-corrected chi connectivity index (χ1v) is 11.0. The molecule has 0 unspecified atom stereocenters. The third-order valence-corrected chi connectivity index (χ3v) is 6.06. The highest BCUT2D eigenvalue weighted by atomic mass is 35.5. The van der Waals surface area contributed by atoms with E-state index >= 15 is 0 Å². The molecular formula is C23H26Cl2N4O3. The van der Waals surface area contributed by atoms with Gasteiger partial charge >= 0.3 is 0 Å². The lowest BCUT2D eigenvalue weighted by Gasteiger charge is -2.31. The van der Waals surface area contributed by atoms with Crippen LogP contribution in [-0.4, -0.2) is 50.8 Å². The van der Waals surface area contributed by atoms with Crippen molar-refractivity contribution >= 4 is 29.1 Å². The van der Waals surface area contributed by atoms with Crippen LogP contribution in [0.1, 0.15) is 35.8 Å². The Morgan fingerprint density at radius 3 is 2.56 bits per heavy atom. The normalized spacial score (nSPS) is 14.0. The summed E-state index contributed by atoms with van der Waals surface area (Å²) in [7, 11) is 0. The number of nitrogens with one attached hydrogen (secondary N) is 2. The van der Waals surface area contributed by atoms with E-state index in [4.69, 9.17) is 23.2 Å². The molecule has 2 aromatic carbocycles. The van der Waals surface area contributed by atoms with E-state index in [1.54, 1.807) is 12.1 Å². The number of aliphatic hydroxyl groups excluding tert-OH is 2. The molecule has 1 amide bonds. The lowest BCUT2D eigenvalue weighted by atomic mass is 9.80. The summed E-state index contributed by atoms with van der Waals surface area (Å²) in [6.07, 6.45) is 2.87. The molecule has 0 aliphatic heterocycles. The van der Waals surface area contributed by atoms with Crippen molar-refractivity contribution in [1.29, 1.82) is 0 Å². The number of hydrogen-bond donors (Lipinski definition) is 4. The second-order valence-electron chi connectivity index (χ2n) is 8.20. The molecule has 170 valence electrons. The first-order chi connectivity index (χ1) is 15.3. The van der Waals surface area contributed by atoms with Crippen molar-refractivity contribution in [2.24, 2.45) is 5.41 Å². The molecule has 1 heterocycles. The standard InChI is InChI=1S/C23H26Cl2N4O3/c1-23(14-31,8-9-30)12-18(27-22(32)21-13-26-29-28-21)10-15-2-4-16(5-3-15)19-11-17(24)6-7-20(19)25/h2-7,11,13,18,30-31H,8-10,12,14H2,1H3,(H,27,32)(H,26,28,29)/t18-,23-/m1/s1. The van der Waals surface area contributed by atoms with Crippen LogP contribution in [0.5, 0.6) is 0 Å². The van der Waals surface area contributed by atoms with Gasteiger partial charge in [0.15, 0.2) is 5.69 Å². The third-order valence-electron chi connectivity index (χ3n) is 5.50. The smallest absolute Gasteiger partial charge is 0.273 e. The van der Waals surface area contributed by atoms with Crippen LogP contribution in [0.2, 0.25) is 10.0 Å². The maximum absolute atomic E-state index is 12.6. The Kier molecular flexibility index (Phi) is 8.26. The molecule has 0 spiro atoms. The summed E-state index contributed by atoms with van der Waals surface area (Å²) >= 11 is 12.4. The van der Waals surface area contributed by atoms with Gasteiger partial charge in [0.25, 0.3) is 5.91 Å². The molecule has 3 aromatic rings. The number of aliphatic hydroxyl groups is 2. The fourth-order valence-corrected chi connectivity index (χ4v) is 4.08. The first kappa shape index (κ1) is 24.2. The maximum atomic E-state index is 12.6. The van der Waals surface area contributed by atoms with Crippen LogP contribution in [-0.2, 0) is 6.42 Å². The van der Waals surface area contributed by atoms with Gasteiger partial charge in [-0.25, -0.2) is 0 Å². The molecule has 3 rings (SSSR count). The Hall–Kier alpha value is -2.45. The number of halogens is 2. The van der Waals surface area contributed by atoms with E-state index in [-0.39, 0.29) is 30.9 Å². The fraction of sp³-hybridized carbons (Fsp3) is 0.348. The topological polar surface area (TPSA) is 111 Å². The van der Waals surface area contributed by atoms with E-state index in [2.05, 4.69) is 20.7 Å². The van der Waals surface area contributed by atoms with E-state index in [0.29, 0.717) is 29.3 Å². The van der Waals surface area contributed by atoms with Gasteiger partial charge in [-0.2, -0.15) is 0 Å². The molecule has 7 nitrogen and oxygen atoms in total. The van der Waals surface area contributed by atoms with Gasteiger partial charge in [-0.1, -0.05) is 59.6 Å². The van der Waals surface area contributed by atoms with E-state index in [9.17, 15) is 15.0 Å². The third kappa shape index (κ3) is 6.29. The molecule has 0 aliphatic rings. The minimum Gasteiger partial charge on any atom is -0.396 e. The average molecular weight is 477 g/mol. The molecule has 4 N–H and O–H groups in total. The highest BCUT2D eigenvalue weighted by Crippen LogP contribution is 2.32. The monoisotopic (exact) mass is 476 g/mol. The van der Waals surface area contributed by atoms with Crippen LogP contribution in [0.4, 0.5) is 0 Å². The molecule has 0 aliphatic carbocycles. The van der Waals surface area contributed by atoms with Crippen LogP contribution < -0.4 is 5.32 Å². The van der Waals surface area contributed by atoms with Crippen LogP contribution in [0, 0.1) is 5.41 Å². The molecule has 32 heavy (non-hydrogen) atoms. The summed E-state index contributed by atoms with van der Waals surface area (Å²) in [4.78, 5) is 12.6. The Balaban J connectivity index is 1.80. The number of amides is 1. The summed E-state index contributed by atoms with van der Waals surface area (Å²) in [5.74, 6) is -0.352. The number of aromatic nitrogens is 3. The minimum atomic E-state index is -0.537. The van der Waals surface area contributed by atoms with Gasteiger partial charge in [0.1, 0.15) is 0 Å². The zero-order valence-corrected chi connectivity index (χ0v) is 19.2. The predicted molar refractivity (Wildman–Crippen MR) is 125 cm³/mol. The number of carbonyl (C=O) groups is 1. The molecule has 0 fully saturated rings. The lowest BCUT2D eigenvalue weighted by molar-refractivity contribution is 0.0785. The molecular weight excluding hydrogens is 451 g/mol. The van der Waals surface area contributed by atoms with Gasteiger partial charge < -0.3 is 15.5 Å². The largest absolute Gasteiger partial charge is 0.396 e. The van der Waals surface area contributed by atoms with Crippen molar-refractivity contribution in [2.75, 3.05) is 13.2 Å². The number of carbonyl (C=O) groups excluding carboxylic acids is 1. The Morgan fingerprint density at radius 1 is 1.19 bits per heavy atom. The number of nitrogens with zero attached hydrogens (tertiary/aromatic N) is 2. The minimum absolute atomic E-state index is 0.0455. The van der Waals surface area contributed by atoms with Crippen molar-refractivity contribution in [1.82, 2.24) is 20.7 Å². The molecule has 0 bridgehead atoms.